The van der Waals surface area contributed by atoms with Crippen molar-refractivity contribution in [1.29, 1.82) is 5.26 Å². The van der Waals surface area contributed by atoms with Gasteiger partial charge in [0.2, 0.25) is 15.9 Å². The Balaban J connectivity index is 1.80. The summed E-state index contributed by atoms with van der Waals surface area (Å²) in [5, 5.41) is 13.8. The quantitative estimate of drug-likeness (QED) is 0.624. The molecule has 0 bridgehead atoms. The first-order valence-electron chi connectivity index (χ1n) is 7.89. The van der Waals surface area contributed by atoms with E-state index in [0.717, 1.165) is 4.31 Å². The van der Waals surface area contributed by atoms with Gasteiger partial charge in [0.1, 0.15) is 0 Å². The Hall–Kier alpha value is -3.16. The van der Waals surface area contributed by atoms with Crippen molar-refractivity contribution in [2.24, 2.45) is 0 Å². The molecule has 2 N–H and O–H groups in total. The average molecular weight is 390 g/mol. The molecule has 142 valence electrons. The number of hydrogen-bond donors (Lipinski definition) is 2. The third-order valence-corrected chi connectivity index (χ3v) is 5.35. The van der Waals surface area contributed by atoms with Crippen molar-refractivity contribution < 1.29 is 22.4 Å². The van der Waals surface area contributed by atoms with Crippen molar-refractivity contribution in [1.82, 2.24) is 14.9 Å². The molecule has 0 saturated carbocycles. The lowest BCUT2D eigenvalue weighted by Crippen LogP contribution is -2.41. The van der Waals surface area contributed by atoms with Gasteiger partial charge in [-0.25, -0.2) is 8.42 Å². The van der Waals surface area contributed by atoms with E-state index in [2.05, 4.69) is 10.6 Å². The lowest BCUT2D eigenvalue weighted by molar-refractivity contribution is -0.121. The SMILES string of the molecule is CN(CC(=O)NCCNC(=O)c1ccco1)S(=O)(=O)c1ccc(C#N)cc1. The summed E-state index contributed by atoms with van der Waals surface area (Å²) in [6.07, 6.45) is 1.38. The molecular weight excluding hydrogens is 372 g/mol. The first-order chi connectivity index (χ1) is 12.8. The summed E-state index contributed by atoms with van der Waals surface area (Å²) in [5.41, 5.74) is 0.339. The highest BCUT2D eigenvalue weighted by molar-refractivity contribution is 7.89. The third kappa shape index (κ3) is 5.40. The van der Waals surface area contributed by atoms with Crippen LogP contribution >= 0.6 is 0 Å². The van der Waals surface area contributed by atoms with Crippen molar-refractivity contribution in [2.45, 2.75) is 4.90 Å². The van der Waals surface area contributed by atoms with Crippen LogP contribution in [0.1, 0.15) is 16.1 Å². The van der Waals surface area contributed by atoms with Crippen LogP contribution in [0.2, 0.25) is 0 Å². The van der Waals surface area contributed by atoms with Crippen LogP contribution < -0.4 is 10.6 Å². The fourth-order valence-corrected chi connectivity index (χ4v) is 3.22. The molecule has 2 amide bonds. The van der Waals surface area contributed by atoms with Crippen LogP contribution in [0.5, 0.6) is 0 Å². The molecule has 1 aromatic heterocycles. The Morgan fingerprint density at radius 3 is 2.41 bits per heavy atom. The molecule has 0 atom stereocenters. The van der Waals surface area contributed by atoms with Crippen molar-refractivity contribution in [3.8, 4) is 6.07 Å². The number of amides is 2. The van der Waals surface area contributed by atoms with E-state index in [9.17, 15) is 18.0 Å². The molecular formula is C17H18N4O5S. The Morgan fingerprint density at radius 2 is 1.81 bits per heavy atom. The molecule has 1 heterocycles. The highest BCUT2D eigenvalue weighted by Gasteiger charge is 2.22. The highest BCUT2D eigenvalue weighted by atomic mass is 32.2. The summed E-state index contributed by atoms with van der Waals surface area (Å²) in [4.78, 5) is 23.5. The lowest BCUT2D eigenvalue weighted by atomic mass is 10.2. The Bertz CT molecular complexity index is 931. The van der Waals surface area contributed by atoms with Gasteiger partial charge in [-0.2, -0.15) is 9.57 Å². The summed E-state index contributed by atoms with van der Waals surface area (Å²) in [6, 6.07) is 10.4. The number of nitriles is 1. The van der Waals surface area contributed by atoms with Crippen LogP contribution in [0.15, 0.2) is 52.0 Å². The van der Waals surface area contributed by atoms with Crippen molar-refractivity contribution in [2.75, 3.05) is 26.7 Å². The Morgan fingerprint density at radius 1 is 1.15 bits per heavy atom. The number of carbonyl (C=O) groups excluding carboxylic acids is 2. The molecule has 0 aliphatic heterocycles. The number of benzene rings is 1. The molecule has 0 aliphatic carbocycles. The highest BCUT2D eigenvalue weighted by Crippen LogP contribution is 2.14. The molecule has 0 aliphatic rings. The molecule has 2 rings (SSSR count). The van der Waals surface area contributed by atoms with Crippen LogP contribution in [-0.2, 0) is 14.8 Å². The molecule has 0 spiro atoms. The topological polar surface area (TPSA) is 133 Å². The second kappa shape index (κ2) is 8.98. The summed E-state index contributed by atoms with van der Waals surface area (Å²) < 4.78 is 30.7. The summed E-state index contributed by atoms with van der Waals surface area (Å²) in [7, 11) is -2.57. The van der Waals surface area contributed by atoms with Crippen LogP contribution in [0.25, 0.3) is 0 Å². The predicted octanol–water partition coefficient (Wildman–Crippen LogP) is 0.318. The maximum Gasteiger partial charge on any atom is 0.287 e. The Kier molecular flexibility index (Phi) is 6.70. The van der Waals surface area contributed by atoms with E-state index in [1.807, 2.05) is 6.07 Å². The Labute approximate surface area is 156 Å². The molecule has 2 aromatic rings. The van der Waals surface area contributed by atoms with E-state index in [4.69, 9.17) is 9.68 Å². The minimum atomic E-state index is -3.85. The molecule has 0 radical (unpaired) electrons. The first kappa shape index (κ1) is 20.2. The third-order valence-electron chi connectivity index (χ3n) is 3.54. The van der Waals surface area contributed by atoms with Gasteiger partial charge in [0.05, 0.1) is 29.3 Å². The number of carbonyl (C=O) groups is 2. The number of nitrogens with one attached hydrogen (secondary N) is 2. The molecule has 0 saturated heterocycles. The summed E-state index contributed by atoms with van der Waals surface area (Å²) in [6.45, 7) is -0.0815. The largest absolute Gasteiger partial charge is 0.459 e. The molecule has 27 heavy (non-hydrogen) atoms. The van der Waals surface area contributed by atoms with Crippen molar-refractivity contribution in [3.05, 3.63) is 54.0 Å². The minimum absolute atomic E-state index is 0.0116. The van der Waals surface area contributed by atoms with Gasteiger partial charge in [0, 0.05) is 20.1 Å². The van der Waals surface area contributed by atoms with Gasteiger partial charge in [-0.3, -0.25) is 9.59 Å². The predicted molar refractivity (Wildman–Crippen MR) is 95.0 cm³/mol. The zero-order valence-electron chi connectivity index (χ0n) is 14.5. The average Bonchev–Trinajstić information content (AvgIpc) is 3.20. The fourth-order valence-electron chi connectivity index (χ4n) is 2.10. The fraction of sp³-hybridized carbons (Fsp3) is 0.235. The van der Waals surface area contributed by atoms with E-state index < -0.39 is 21.8 Å². The van der Waals surface area contributed by atoms with Crippen LogP contribution in [0, 0.1) is 11.3 Å². The van der Waals surface area contributed by atoms with Gasteiger partial charge >= 0.3 is 0 Å². The normalized spacial score (nSPS) is 11.0. The number of nitrogens with zero attached hydrogens (tertiary/aromatic N) is 2. The number of furan rings is 1. The second-order valence-electron chi connectivity index (χ2n) is 5.48. The van der Waals surface area contributed by atoms with Crippen molar-refractivity contribution in [3.63, 3.8) is 0 Å². The van der Waals surface area contributed by atoms with E-state index in [-0.39, 0.29) is 30.3 Å². The molecule has 9 nitrogen and oxygen atoms in total. The number of sulfonamides is 1. The maximum absolute atomic E-state index is 12.4. The molecule has 0 unspecified atom stereocenters. The van der Waals surface area contributed by atoms with Crippen molar-refractivity contribution >= 4 is 21.8 Å². The van der Waals surface area contributed by atoms with Gasteiger partial charge in [-0.05, 0) is 36.4 Å². The molecule has 1 aromatic carbocycles. The first-order valence-corrected chi connectivity index (χ1v) is 9.33. The summed E-state index contributed by atoms with van der Waals surface area (Å²) in [5.74, 6) is -0.758. The van der Waals surface area contributed by atoms with Gasteiger partial charge in [-0.1, -0.05) is 0 Å². The monoisotopic (exact) mass is 390 g/mol. The van der Waals surface area contributed by atoms with E-state index in [0.29, 0.717) is 5.56 Å². The second-order valence-corrected chi connectivity index (χ2v) is 7.53. The van der Waals surface area contributed by atoms with Crippen LogP contribution in [-0.4, -0.2) is 51.2 Å². The van der Waals surface area contributed by atoms with Crippen LogP contribution in [0.4, 0.5) is 0 Å². The zero-order chi connectivity index (χ0) is 19.9. The molecule has 10 heteroatoms. The van der Waals surface area contributed by atoms with Gasteiger partial charge in [0.25, 0.3) is 5.91 Å². The molecule has 0 fully saturated rings. The minimum Gasteiger partial charge on any atom is -0.459 e. The number of rotatable bonds is 8. The maximum atomic E-state index is 12.4. The summed E-state index contributed by atoms with van der Waals surface area (Å²) >= 11 is 0. The number of hydrogen-bond acceptors (Lipinski definition) is 6. The van der Waals surface area contributed by atoms with Gasteiger partial charge < -0.3 is 15.1 Å². The standard InChI is InChI=1S/C17H18N4O5S/c1-21(27(24,25)14-6-4-13(11-18)5-7-14)12-16(22)19-8-9-20-17(23)15-3-2-10-26-15/h2-7,10H,8-9,12H2,1H3,(H,19,22)(H,20,23). The van der Waals surface area contributed by atoms with Crippen LogP contribution in [0.3, 0.4) is 0 Å². The number of likely N-dealkylation sites (N-methyl/N-ethyl adjacent to an activating group) is 1. The smallest absolute Gasteiger partial charge is 0.287 e. The van der Waals surface area contributed by atoms with E-state index in [1.165, 1.54) is 43.6 Å². The van der Waals surface area contributed by atoms with E-state index in [1.54, 1.807) is 6.07 Å². The lowest BCUT2D eigenvalue weighted by Gasteiger charge is -2.17. The van der Waals surface area contributed by atoms with Gasteiger partial charge in [-0.15, -0.1) is 0 Å². The zero-order valence-corrected chi connectivity index (χ0v) is 15.3. The van der Waals surface area contributed by atoms with Gasteiger partial charge in [0.15, 0.2) is 5.76 Å². The van der Waals surface area contributed by atoms with E-state index >= 15 is 0 Å².